The summed E-state index contributed by atoms with van der Waals surface area (Å²) in [5.41, 5.74) is 1.13. The largest absolute Gasteiger partial charge is 0.493 e. The molecular formula is C17H26N2O3. The van der Waals surface area contributed by atoms with Gasteiger partial charge < -0.3 is 20.1 Å². The predicted octanol–water partition coefficient (Wildman–Crippen LogP) is 1.75. The third-order valence-corrected chi connectivity index (χ3v) is 4.34. The maximum Gasteiger partial charge on any atom is 0.224 e. The molecule has 1 heterocycles. The molecule has 0 spiro atoms. The number of rotatable bonds is 6. The minimum atomic E-state index is 0.0481. The summed E-state index contributed by atoms with van der Waals surface area (Å²) in [6, 6.07) is 5.58. The normalized spacial score (nSPS) is 16.9. The maximum atomic E-state index is 12.2. The number of hydrogen-bond acceptors (Lipinski definition) is 4. The molecule has 1 saturated heterocycles. The molecule has 1 fully saturated rings. The van der Waals surface area contributed by atoms with Crippen molar-refractivity contribution in [2.75, 3.05) is 33.9 Å². The number of methoxy groups -OCH3 is 2. The second kappa shape index (κ2) is 7.49. The Hall–Kier alpha value is -1.75. The van der Waals surface area contributed by atoms with Gasteiger partial charge in [0.05, 0.1) is 20.6 Å². The molecule has 0 aliphatic carbocycles. The van der Waals surface area contributed by atoms with Gasteiger partial charge in [-0.05, 0) is 49.0 Å². The Morgan fingerprint density at radius 2 is 1.91 bits per heavy atom. The highest BCUT2D eigenvalue weighted by Gasteiger charge is 2.26. The van der Waals surface area contributed by atoms with Gasteiger partial charge in [-0.15, -0.1) is 0 Å². The summed E-state index contributed by atoms with van der Waals surface area (Å²) in [6.07, 6.45) is 2.56. The van der Waals surface area contributed by atoms with E-state index in [1.807, 2.05) is 18.2 Å². The molecular weight excluding hydrogens is 280 g/mol. The average molecular weight is 306 g/mol. The number of hydrogen-bond donors (Lipinski definition) is 2. The van der Waals surface area contributed by atoms with Gasteiger partial charge in [-0.1, -0.05) is 13.0 Å². The Morgan fingerprint density at radius 3 is 2.55 bits per heavy atom. The highest BCUT2D eigenvalue weighted by Crippen LogP contribution is 2.28. The van der Waals surface area contributed by atoms with Crippen molar-refractivity contribution < 1.29 is 14.3 Å². The Morgan fingerprint density at radius 1 is 1.23 bits per heavy atom. The molecule has 0 saturated carbocycles. The van der Waals surface area contributed by atoms with Crippen LogP contribution in [-0.2, 0) is 11.2 Å². The number of carbonyl (C=O) groups excluding carboxylic acids is 1. The third kappa shape index (κ3) is 4.37. The van der Waals surface area contributed by atoms with E-state index in [0.29, 0.717) is 17.9 Å². The topological polar surface area (TPSA) is 59.6 Å². The second-order valence-electron chi connectivity index (χ2n) is 6.20. The van der Waals surface area contributed by atoms with E-state index in [1.54, 1.807) is 14.2 Å². The van der Waals surface area contributed by atoms with E-state index >= 15 is 0 Å². The van der Waals surface area contributed by atoms with E-state index in [-0.39, 0.29) is 11.3 Å². The molecule has 1 aliphatic rings. The minimum absolute atomic E-state index is 0.0481. The molecule has 0 bridgehead atoms. The molecule has 122 valence electrons. The van der Waals surface area contributed by atoms with E-state index < -0.39 is 0 Å². The lowest BCUT2D eigenvalue weighted by Crippen LogP contribution is -2.43. The highest BCUT2D eigenvalue weighted by atomic mass is 16.5. The summed E-state index contributed by atoms with van der Waals surface area (Å²) in [6.45, 7) is 5.04. The monoisotopic (exact) mass is 306 g/mol. The standard InChI is InChI=1S/C17H26N2O3/c1-17(6-8-18-9-7-17)12-19-16(20)11-13-4-5-14(21-2)15(10-13)22-3/h4-5,10,18H,6-9,11-12H2,1-3H3,(H,19,20). The summed E-state index contributed by atoms with van der Waals surface area (Å²) in [5.74, 6) is 1.37. The Labute approximate surface area is 132 Å². The molecule has 5 nitrogen and oxygen atoms in total. The second-order valence-corrected chi connectivity index (χ2v) is 6.20. The fraction of sp³-hybridized carbons (Fsp3) is 0.588. The van der Waals surface area contributed by atoms with Crippen molar-refractivity contribution in [3.8, 4) is 11.5 Å². The molecule has 1 aliphatic heterocycles. The lowest BCUT2D eigenvalue weighted by atomic mass is 9.81. The van der Waals surface area contributed by atoms with E-state index in [9.17, 15) is 4.79 Å². The van der Waals surface area contributed by atoms with Crippen LogP contribution in [0.25, 0.3) is 0 Å². The van der Waals surface area contributed by atoms with E-state index in [4.69, 9.17) is 9.47 Å². The van der Waals surface area contributed by atoms with Gasteiger partial charge in [0.2, 0.25) is 5.91 Å². The van der Waals surface area contributed by atoms with Crippen LogP contribution in [0.15, 0.2) is 18.2 Å². The van der Waals surface area contributed by atoms with Crippen LogP contribution in [0, 0.1) is 5.41 Å². The fourth-order valence-electron chi connectivity index (χ4n) is 2.76. The summed E-state index contributed by atoms with van der Waals surface area (Å²) < 4.78 is 10.5. The number of piperidine rings is 1. The van der Waals surface area contributed by atoms with E-state index in [2.05, 4.69) is 17.6 Å². The molecule has 2 rings (SSSR count). The molecule has 2 N–H and O–H groups in total. The summed E-state index contributed by atoms with van der Waals surface area (Å²) in [5, 5.41) is 6.42. The minimum Gasteiger partial charge on any atom is -0.493 e. The number of nitrogens with one attached hydrogen (secondary N) is 2. The van der Waals surface area contributed by atoms with E-state index in [0.717, 1.165) is 38.0 Å². The SMILES string of the molecule is COc1ccc(CC(=O)NCC2(C)CCNCC2)cc1OC. The van der Waals surface area contributed by atoms with Crippen LogP contribution in [0.4, 0.5) is 0 Å². The smallest absolute Gasteiger partial charge is 0.224 e. The van der Waals surface area contributed by atoms with Gasteiger partial charge in [0, 0.05) is 6.54 Å². The molecule has 1 aromatic rings. The first-order valence-corrected chi connectivity index (χ1v) is 7.75. The molecule has 1 amide bonds. The summed E-state index contributed by atoms with van der Waals surface area (Å²) in [7, 11) is 3.20. The summed E-state index contributed by atoms with van der Waals surface area (Å²) >= 11 is 0. The predicted molar refractivity (Wildman–Crippen MR) is 86.5 cm³/mol. The zero-order valence-corrected chi connectivity index (χ0v) is 13.7. The Kier molecular flexibility index (Phi) is 5.66. The van der Waals surface area contributed by atoms with E-state index in [1.165, 1.54) is 0 Å². The molecule has 1 aromatic carbocycles. The van der Waals surface area contributed by atoms with Crippen LogP contribution in [0.1, 0.15) is 25.3 Å². The van der Waals surface area contributed by atoms with Gasteiger partial charge in [-0.2, -0.15) is 0 Å². The van der Waals surface area contributed by atoms with Gasteiger partial charge in [0.25, 0.3) is 0 Å². The van der Waals surface area contributed by atoms with Crippen LogP contribution >= 0.6 is 0 Å². The zero-order valence-electron chi connectivity index (χ0n) is 13.7. The van der Waals surface area contributed by atoms with Crippen LogP contribution in [0.3, 0.4) is 0 Å². The van der Waals surface area contributed by atoms with Crippen molar-refractivity contribution in [1.82, 2.24) is 10.6 Å². The molecule has 0 unspecified atom stereocenters. The van der Waals surface area contributed by atoms with Gasteiger partial charge in [-0.3, -0.25) is 4.79 Å². The molecule has 0 aromatic heterocycles. The van der Waals surface area contributed by atoms with Gasteiger partial charge in [0.15, 0.2) is 11.5 Å². The quantitative estimate of drug-likeness (QED) is 0.841. The number of carbonyl (C=O) groups is 1. The van der Waals surface area contributed by atoms with Crippen molar-refractivity contribution >= 4 is 5.91 Å². The van der Waals surface area contributed by atoms with Crippen molar-refractivity contribution in [3.05, 3.63) is 23.8 Å². The van der Waals surface area contributed by atoms with Crippen LogP contribution in [0.2, 0.25) is 0 Å². The molecule has 0 radical (unpaired) electrons. The average Bonchev–Trinajstić information content (AvgIpc) is 2.53. The molecule has 0 atom stereocenters. The van der Waals surface area contributed by atoms with Crippen molar-refractivity contribution in [3.63, 3.8) is 0 Å². The molecule has 22 heavy (non-hydrogen) atoms. The van der Waals surface area contributed by atoms with Gasteiger partial charge >= 0.3 is 0 Å². The van der Waals surface area contributed by atoms with Crippen LogP contribution in [-0.4, -0.2) is 39.8 Å². The fourth-order valence-corrected chi connectivity index (χ4v) is 2.76. The first kappa shape index (κ1) is 16.6. The Bertz CT molecular complexity index is 511. The van der Waals surface area contributed by atoms with Crippen molar-refractivity contribution in [1.29, 1.82) is 0 Å². The number of benzene rings is 1. The van der Waals surface area contributed by atoms with Crippen molar-refractivity contribution in [2.45, 2.75) is 26.2 Å². The molecule has 5 heteroatoms. The lowest BCUT2D eigenvalue weighted by molar-refractivity contribution is -0.121. The number of amides is 1. The third-order valence-electron chi connectivity index (χ3n) is 4.34. The lowest BCUT2D eigenvalue weighted by Gasteiger charge is -2.34. The van der Waals surface area contributed by atoms with Gasteiger partial charge in [-0.25, -0.2) is 0 Å². The highest BCUT2D eigenvalue weighted by molar-refractivity contribution is 5.78. The van der Waals surface area contributed by atoms with Crippen LogP contribution < -0.4 is 20.1 Å². The maximum absolute atomic E-state index is 12.2. The first-order valence-electron chi connectivity index (χ1n) is 7.75. The first-order chi connectivity index (χ1) is 10.6. The summed E-state index contributed by atoms with van der Waals surface area (Å²) in [4.78, 5) is 12.2. The zero-order chi connectivity index (χ0) is 16.0. The van der Waals surface area contributed by atoms with Gasteiger partial charge in [0.1, 0.15) is 0 Å². The number of ether oxygens (including phenoxy) is 2. The van der Waals surface area contributed by atoms with Crippen molar-refractivity contribution in [2.24, 2.45) is 5.41 Å². The van der Waals surface area contributed by atoms with Crippen LogP contribution in [0.5, 0.6) is 11.5 Å². The Balaban J connectivity index is 1.89.